The third-order valence-electron chi connectivity index (χ3n) is 3.45. The summed E-state index contributed by atoms with van der Waals surface area (Å²) in [6.07, 6.45) is 1.47. The van der Waals surface area contributed by atoms with E-state index in [1.807, 2.05) is 33.9 Å². The molecule has 0 atom stereocenters. The number of rotatable bonds is 5. The average Bonchev–Trinajstić information content (AvgIpc) is 2.10. The van der Waals surface area contributed by atoms with E-state index in [1.165, 1.54) is 13.0 Å². The zero-order valence-corrected chi connectivity index (χ0v) is 14.2. The maximum atomic E-state index is 12.0. The van der Waals surface area contributed by atoms with Crippen LogP contribution in [0.2, 0.25) is 18.1 Å². The van der Waals surface area contributed by atoms with Crippen LogP contribution >= 0.6 is 0 Å². The smallest absolute Gasteiger partial charge is 0.209 e. The van der Waals surface area contributed by atoms with Crippen molar-refractivity contribution >= 4 is 24.0 Å². The Morgan fingerprint density at radius 1 is 1.22 bits per heavy atom. The van der Waals surface area contributed by atoms with Crippen molar-refractivity contribution in [3.8, 4) is 0 Å². The largest absolute Gasteiger partial charge is 0.295 e. The first-order valence-electron chi connectivity index (χ1n) is 5.98. The molecule has 0 rings (SSSR count). The van der Waals surface area contributed by atoms with Crippen molar-refractivity contribution in [2.75, 3.05) is 5.75 Å². The van der Waals surface area contributed by atoms with Crippen molar-refractivity contribution < 1.29 is 13.2 Å². The van der Waals surface area contributed by atoms with E-state index >= 15 is 0 Å². The minimum absolute atomic E-state index is 0.0561. The van der Waals surface area contributed by atoms with E-state index in [1.54, 1.807) is 6.92 Å². The van der Waals surface area contributed by atoms with E-state index in [4.69, 9.17) is 0 Å². The van der Waals surface area contributed by atoms with Crippen molar-refractivity contribution in [3.63, 3.8) is 0 Å². The second kappa shape index (κ2) is 5.67. The van der Waals surface area contributed by atoms with Crippen LogP contribution in [0.3, 0.4) is 0 Å². The highest BCUT2D eigenvalue weighted by Crippen LogP contribution is 2.34. The number of sulfonamides is 1. The van der Waals surface area contributed by atoms with Gasteiger partial charge in [-0.3, -0.25) is 4.79 Å². The Kier molecular flexibility index (Phi) is 5.52. The Balaban J connectivity index is 4.91. The summed E-state index contributed by atoms with van der Waals surface area (Å²) in [7, 11) is -5.46. The van der Waals surface area contributed by atoms with Gasteiger partial charge in [-0.15, -0.1) is 0 Å². The van der Waals surface area contributed by atoms with Gasteiger partial charge in [0.25, 0.3) is 0 Å². The van der Waals surface area contributed by atoms with Gasteiger partial charge in [-0.25, -0.2) is 12.8 Å². The molecule has 6 heteroatoms. The van der Waals surface area contributed by atoms with Crippen LogP contribution in [-0.2, 0) is 14.8 Å². The number of hydrogen-bond acceptors (Lipinski definition) is 3. The highest BCUT2D eigenvalue weighted by molar-refractivity contribution is 7.91. The van der Waals surface area contributed by atoms with Crippen LogP contribution in [0.1, 0.15) is 34.6 Å². The molecule has 0 heterocycles. The predicted molar refractivity (Wildman–Crippen MR) is 78.6 cm³/mol. The molecule has 1 N–H and O–H groups in total. The molecular weight excluding hydrogens is 266 g/mol. The molecule has 0 aromatic rings. The summed E-state index contributed by atoms with van der Waals surface area (Å²) in [4.78, 5) is 11.0. The minimum Gasteiger partial charge on any atom is -0.295 e. The molecule has 0 unspecified atom stereocenters. The van der Waals surface area contributed by atoms with Crippen molar-refractivity contribution in [2.24, 2.45) is 0 Å². The van der Waals surface area contributed by atoms with Crippen LogP contribution in [0.15, 0.2) is 11.6 Å². The number of Topliss-reactive ketones (excluding diaryl/α,β-unsaturated/α-hetero) is 1. The Morgan fingerprint density at radius 3 is 2.00 bits per heavy atom. The normalized spacial score (nSPS) is 14.7. The van der Waals surface area contributed by atoms with Crippen molar-refractivity contribution in [3.05, 3.63) is 11.6 Å². The molecule has 0 aromatic carbocycles. The number of nitrogens with one attached hydrogen (secondary N) is 1. The summed E-state index contributed by atoms with van der Waals surface area (Å²) in [5.41, 5.74) is 0.482. The van der Waals surface area contributed by atoms with Crippen LogP contribution in [-0.4, -0.2) is 28.2 Å². The minimum atomic E-state index is -3.37. The molecule has 4 nitrogen and oxygen atoms in total. The van der Waals surface area contributed by atoms with Gasteiger partial charge in [0.05, 0.1) is 5.75 Å². The third-order valence-corrected chi connectivity index (χ3v) is 11.1. The van der Waals surface area contributed by atoms with Gasteiger partial charge in [-0.1, -0.05) is 39.9 Å². The topological polar surface area (TPSA) is 63.2 Å². The van der Waals surface area contributed by atoms with Gasteiger partial charge in [0, 0.05) is 0 Å². The van der Waals surface area contributed by atoms with E-state index in [0.29, 0.717) is 5.57 Å². The van der Waals surface area contributed by atoms with Gasteiger partial charge in [0.1, 0.15) is 8.24 Å². The summed E-state index contributed by atoms with van der Waals surface area (Å²) in [6.45, 7) is 13.2. The molecule has 0 amide bonds. The van der Waals surface area contributed by atoms with Crippen LogP contribution in [0, 0.1) is 0 Å². The second-order valence-electron chi connectivity index (χ2n) is 6.20. The number of hydrogen-bond donors (Lipinski definition) is 1. The van der Waals surface area contributed by atoms with E-state index in [0.717, 1.165) is 0 Å². The molecule has 0 aliphatic rings. The molecule has 18 heavy (non-hydrogen) atoms. The monoisotopic (exact) mass is 291 g/mol. The molecule has 0 fully saturated rings. The fourth-order valence-electron chi connectivity index (χ4n) is 0.962. The zero-order valence-electron chi connectivity index (χ0n) is 12.4. The summed E-state index contributed by atoms with van der Waals surface area (Å²) < 4.78 is 26.8. The summed E-state index contributed by atoms with van der Waals surface area (Å²) in [5, 5.41) is -0.0561. The molecule has 0 aliphatic carbocycles. The number of allylic oxidation sites excluding steroid dienone is 1. The highest BCUT2D eigenvalue weighted by Gasteiger charge is 2.38. The second-order valence-corrected chi connectivity index (χ2v) is 13.3. The van der Waals surface area contributed by atoms with Crippen LogP contribution in [0.25, 0.3) is 0 Å². The first-order chi connectivity index (χ1) is 7.78. The lowest BCUT2D eigenvalue weighted by atomic mass is 10.2. The van der Waals surface area contributed by atoms with E-state index in [-0.39, 0.29) is 16.6 Å². The van der Waals surface area contributed by atoms with E-state index in [9.17, 15) is 13.2 Å². The Hall–Kier alpha value is -0.463. The molecular formula is C12H25NO3SSi. The average molecular weight is 291 g/mol. The summed E-state index contributed by atoms with van der Waals surface area (Å²) in [5.74, 6) is -0.234. The van der Waals surface area contributed by atoms with Gasteiger partial charge in [-0.05, 0) is 24.5 Å². The van der Waals surface area contributed by atoms with Gasteiger partial charge in [-0.2, -0.15) is 0 Å². The van der Waals surface area contributed by atoms with Crippen LogP contribution < -0.4 is 4.39 Å². The SMILES string of the molecule is CC(=O)/C(C)=C/CS(=O)(=O)N[Si](C)(C)C(C)(C)C. The predicted octanol–water partition coefficient (Wildman–Crippen LogP) is 2.45. The molecule has 0 radical (unpaired) electrons. The zero-order chi connectivity index (χ0) is 14.8. The maximum Gasteiger partial charge on any atom is 0.209 e. The fraction of sp³-hybridized carbons (Fsp3) is 0.750. The van der Waals surface area contributed by atoms with Crippen LogP contribution in [0.5, 0.6) is 0 Å². The third kappa shape index (κ3) is 5.45. The maximum absolute atomic E-state index is 12.0. The molecule has 0 saturated carbocycles. The molecule has 0 spiro atoms. The Morgan fingerprint density at radius 2 is 1.67 bits per heavy atom. The van der Waals surface area contributed by atoms with Gasteiger partial charge in [0.15, 0.2) is 5.78 Å². The lowest BCUT2D eigenvalue weighted by Gasteiger charge is -2.36. The standard InChI is InChI=1S/C12H25NO3SSi/c1-10(11(2)14)8-9-17(15,16)13-18(6,7)12(3,4)5/h8,13H,9H2,1-7H3/b10-8+. The first-order valence-corrected chi connectivity index (χ1v) is 10.6. The molecule has 0 aliphatic heterocycles. The lowest BCUT2D eigenvalue weighted by Crippen LogP contribution is -2.54. The quantitative estimate of drug-likeness (QED) is 0.625. The van der Waals surface area contributed by atoms with E-state index < -0.39 is 18.3 Å². The summed E-state index contributed by atoms with van der Waals surface area (Å²) in [6, 6.07) is 0. The molecule has 106 valence electrons. The van der Waals surface area contributed by atoms with Gasteiger partial charge in [0.2, 0.25) is 10.0 Å². The Bertz CT molecular complexity index is 444. The molecule has 0 saturated heterocycles. The van der Waals surface area contributed by atoms with Gasteiger partial charge < -0.3 is 0 Å². The van der Waals surface area contributed by atoms with E-state index in [2.05, 4.69) is 4.39 Å². The van der Waals surface area contributed by atoms with Gasteiger partial charge >= 0.3 is 0 Å². The highest BCUT2D eigenvalue weighted by atomic mass is 32.2. The lowest BCUT2D eigenvalue weighted by molar-refractivity contribution is -0.113. The number of carbonyl (C=O) groups is 1. The molecule has 0 aromatic heterocycles. The molecule has 0 bridgehead atoms. The Labute approximate surface area is 112 Å². The number of carbonyl (C=O) groups excluding carboxylic acids is 1. The van der Waals surface area contributed by atoms with Crippen molar-refractivity contribution in [2.45, 2.75) is 52.8 Å². The van der Waals surface area contributed by atoms with Crippen molar-refractivity contribution in [1.82, 2.24) is 4.39 Å². The van der Waals surface area contributed by atoms with Crippen LogP contribution in [0.4, 0.5) is 0 Å². The first kappa shape index (κ1) is 17.5. The number of ketones is 1. The fourth-order valence-corrected chi connectivity index (χ4v) is 6.10. The summed E-state index contributed by atoms with van der Waals surface area (Å²) >= 11 is 0. The van der Waals surface area contributed by atoms with Crippen molar-refractivity contribution in [1.29, 1.82) is 0 Å².